The maximum atomic E-state index is 12.9. The highest BCUT2D eigenvalue weighted by molar-refractivity contribution is 7.17. The molecule has 0 aliphatic carbocycles. The van der Waals surface area contributed by atoms with Gasteiger partial charge in [0.2, 0.25) is 0 Å². The van der Waals surface area contributed by atoms with Crippen molar-refractivity contribution in [3.63, 3.8) is 0 Å². The minimum atomic E-state index is -0.0712. The molecule has 1 atom stereocenters. The summed E-state index contributed by atoms with van der Waals surface area (Å²) in [6, 6.07) is 12.3. The monoisotopic (exact) mass is 427 g/mol. The predicted molar refractivity (Wildman–Crippen MR) is 117 cm³/mol. The average Bonchev–Trinajstić information content (AvgIpc) is 3.42. The van der Waals surface area contributed by atoms with Gasteiger partial charge in [0.1, 0.15) is 10.7 Å². The molecule has 4 nitrogen and oxygen atoms in total. The average molecular weight is 428 g/mol. The van der Waals surface area contributed by atoms with Gasteiger partial charge in [-0.3, -0.25) is 9.69 Å². The minimum Gasteiger partial charge on any atom is -0.309 e. The molecule has 3 aromatic heterocycles. The zero-order valence-electron chi connectivity index (χ0n) is 15.0. The molecule has 0 bridgehead atoms. The molecule has 1 saturated heterocycles. The van der Waals surface area contributed by atoms with Crippen molar-refractivity contribution in [3.05, 3.63) is 73.2 Å². The van der Waals surface area contributed by atoms with E-state index in [9.17, 15) is 4.79 Å². The molecule has 4 aromatic rings. The lowest BCUT2D eigenvalue weighted by atomic mass is 10.1. The number of aromatic amines is 1. The van der Waals surface area contributed by atoms with Gasteiger partial charge in [0.05, 0.1) is 11.9 Å². The van der Waals surface area contributed by atoms with Crippen molar-refractivity contribution in [3.8, 4) is 11.1 Å². The Hall–Kier alpha value is -1.99. The van der Waals surface area contributed by atoms with Crippen LogP contribution in [-0.4, -0.2) is 21.4 Å². The van der Waals surface area contributed by atoms with Crippen LogP contribution in [0.5, 0.6) is 0 Å². The molecule has 4 heterocycles. The van der Waals surface area contributed by atoms with Crippen LogP contribution in [0.15, 0.2) is 52.0 Å². The smallest absolute Gasteiger partial charge is 0.260 e. The zero-order chi connectivity index (χ0) is 19.1. The van der Waals surface area contributed by atoms with Gasteiger partial charge in [0, 0.05) is 26.9 Å². The van der Waals surface area contributed by atoms with Gasteiger partial charge < -0.3 is 4.98 Å². The summed E-state index contributed by atoms with van der Waals surface area (Å²) in [5.74, 6) is 0.741. The van der Waals surface area contributed by atoms with Gasteiger partial charge in [-0.2, -0.15) is 0 Å². The molecule has 1 unspecified atom stereocenters. The van der Waals surface area contributed by atoms with E-state index < -0.39 is 0 Å². The molecule has 28 heavy (non-hydrogen) atoms. The Morgan fingerprint density at radius 2 is 2.07 bits per heavy atom. The Balaban J connectivity index is 1.47. The van der Waals surface area contributed by atoms with E-state index >= 15 is 0 Å². The fourth-order valence-electron chi connectivity index (χ4n) is 3.92. The van der Waals surface area contributed by atoms with Crippen molar-refractivity contribution < 1.29 is 0 Å². The first-order valence-corrected chi connectivity index (χ1v) is 11.4. The molecule has 142 valence electrons. The van der Waals surface area contributed by atoms with E-state index in [2.05, 4.69) is 27.4 Å². The van der Waals surface area contributed by atoms with E-state index in [0.717, 1.165) is 34.7 Å². The largest absolute Gasteiger partial charge is 0.309 e. The van der Waals surface area contributed by atoms with Gasteiger partial charge in [-0.25, -0.2) is 4.98 Å². The summed E-state index contributed by atoms with van der Waals surface area (Å²) < 4.78 is 0. The summed E-state index contributed by atoms with van der Waals surface area (Å²) in [7, 11) is 0. The minimum absolute atomic E-state index is 0.0712. The summed E-state index contributed by atoms with van der Waals surface area (Å²) in [4.78, 5) is 25.3. The van der Waals surface area contributed by atoms with E-state index in [1.807, 2.05) is 29.6 Å². The number of aromatic nitrogens is 2. The maximum absolute atomic E-state index is 12.9. The van der Waals surface area contributed by atoms with Crippen LogP contribution >= 0.6 is 34.3 Å². The van der Waals surface area contributed by atoms with Crippen LogP contribution in [0.4, 0.5) is 0 Å². The summed E-state index contributed by atoms with van der Waals surface area (Å²) in [5, 5.41) is 5.47. The molecule has 0 radical (unpaired) electrons. The highest BCUT2D eigenvalue weighted by Gasteiger charge is 2.27. The van der Waals surface area contributed by atoms with E-state index in [4.69, 9.17) is 16.6 Å². The number of rotatable bonds is 4. The standard InChI is InChI=1S/C21H18ClN3OS2/c22-14-7-5-13(6-8-14)15-12-28-21-19(15)20(26)23-18(24-21)11-25-9-1-3-16(25)17-4-2-10-27-17/h2,4-8,10,12,16H,1,3,9,11H2,(H,23,24,26). The fourth-order valence-corrected chi connectivity index (χ4v) is 5.91. The number of halogens is 1. The van der Waals surface area contributed by atoms with E-state index in [-0.39, 0.29) is 5.56 Å². The van der Waals surface area contributed by atoms with Crippen LogP contribution in [0.25, 0.3) is 21.3 Å². The molecule has 1 fully saturated rings. The predicted octanol–water partition coefficient (Wildman–Crippen LogP) is 5.70. The number of nitrogens with one attached hydrogen (secondary N) is 1. The Morgan fingerprint density at radius 3 is 2.86 bits per heavy atom. The van der Waals surface area contributed by atoms with Crippen LogP contribution in [0.2, 0.25) is 5.02 Å². The van der Waals surface area contributed by atoms with Gasteiger partial charge in [0.25, 0.3) is 5.56 Å². The number of H-pyrrole nitrogens is 1. The SMILES string of the molecule is O=c1[nH]c(CN2CCCC2c2cccs2)nc2scc(-c3ccc(Cl)cc3)c12. The molecule has 1 aliphatic rings. The lowest BCUT2D eigenvalue weighted by Gasteiger charge is -2.22. The number of likely N-dealkylation sites (tertiary alicyclic amines) is 1. The van der Waals surface area contributed by atoms with Crippen molar-refractivity contribution in [1.82, 2.24) is 14.9 Å². The van der Waals surface area contributed by atoms with Gasteiger partial charge in [-0.1, -0.05) is 29.8 Å². The molecule has 1 aliphatic heterocycles. The highest BCUT2D eigenvalue weighted by atomic mass is 35.5. The van der Waals surface area contributed by atoms with Crippen molar-refractivity contribution >= 4 is 44.5 Å². The fraction of sp³-hybridized carbons (Fsp3) is 0.238. The van der Waals surface area contributed by atoms with E-state index in [1.54, 1.807) is 11.3 Å². The number of hydrogen-bond acceptors (Lipinski definition) is 5. The summed E-state index contributed by atoms with van der Waals surface area (Å²) in [6.07, 6.45) is 2.33. The number of nitrogens with zero attached hydrogens (tertiary/aromatic N) is 2. The van der Waals surface area contributed by atoms with Gasteiger partial charge >= 0.3 is 0 Å². The molecular formula is C21H18ClN3OS2. The molecular weight excluding hydrogens is 410 g/mol. The summed E-state index contributed by atoms with van der Waals surface area (Å²) >= 11 is 9.31. The second kappa shape index (κ2) is 7.44. The quantitative estimate of drug-likeness (QED) is 0.454. The number of hydrogen-bond donors (Lipinski definition) is 1. The molecule has 0 amide bonds. The van der Waals surface area contributed by atoms with E-state index in [0.29, 0.717) is 23.0 Å². The second-order valence-corrected chi connectivity index (χ2v) is 9.27. The van der Waals surface area contributed by atoms with Crippen molar-refractivity contribution in [2.45, 2.75) is 25.4 Å². The zero-order valence-corrected chi connectivity index (χ0v) is 17.4. The number of fused-ring (bicyclic) bond motifs is 1. The van der Waals surface area contributed by atoms with Crippen LogP contribution < -0.4 is 5.56 Å². The third-order valence-electron chi connectivity index (χ3n) is 5.24. The van der Waals surface area contributed by atoms with Gasteiger partial charge in [-0.05, 0) is 48.5 Å². The second-order valence-electron chi connectivity index (χ2n) is 6.99. The molecule has 0 spiro atoms. The van der Waals surface area contributed by atoms with Crippen LogP contribution in [0.1, 0.15) is 29.6 Å². The first-order valence-electron chi connectivity index (χ1n) is 9.23. The Bertz CT molecular complexity index is 1160. The first kappa shape index (κ1) is 18.1. The Kier molecular flexibility index (Phi) is 4.80. The number of thiophene rings is 2. The van der Waals surface area contributed by atoms with Gasteiger partial charge in [0.15, 0.2) is 0 Å². The molecule has 0 saturated carbocycles. The first-order chi connectivity index (χ1) is 13.7. The van der Waals surface area contributed by atoms with Crippen LogP contribution in [-0.2, 0) is 6.54 Å². The Morgan fingerprint density at radius 1 is 1.21 bits per heavy atom. The van der Waals surface area contributed by atoms with E-state index in [1.165, 1.54) is 22.6 Å². The van der Waals surface area contributed by atoms with Crippen molar-refractivity contribution in [2.24, 2.45) is 0 Å². The van der Waals surface area contributed by atoms with Crippen molar-refractivity contribution in [2.75, 3.05) is 6.54 Å². The van der Waals surface area contributed by atoms with Crippen LogP contribution in [0, 0.1) is 0 Å². The third kappa shape index (κ3) is 3.31. The molecule has 7 heteroatoms. The molecule has 1 N–H and O–H groups in total. The Labute approximate surface area is 175 Å². The molecule has 5 rings (SSSR count). The van der Waals surface area contributed by atoms with Crippen molar-refractivity contribution in [1.29, 1.82) is 0 Å². The molecule has 1 aromatic carbocycles. The topological polar surface area (TPSA) is 49.0 Å². The summed E-state index contributed by atoms with van der Waals surface area (Å²) in [5.41, 5.74) is 1.82. The lowest BCUT2D eigenvalue weighted by molar-refractivity contribution is 0.245. The summed E-state index contributed by atoms with van der Waals surface area (Å²) in [6.45, 7) is 1.70. The number of benzene rings is 1. The highest BCUT2D eigenvalue weighted by Crippen LogP contribution is 2.36. The third-order valence-corrected chi connectivity index (χ3v) is 7.33. The van der Waals surface area contributed by atoms with Gasteiger partial charge in [-0.15, -0.1) is 22.7 Å². The van der Waals surface area contributed by atoms with Crippen LogP contribution in [0.3, 0.4) is 0 Å². The lowest BCUT2D eigenvalue weighted by Crippen LogP contribution is -2.25. The maximum Gasteiger partial charge on any atom is 0.260 e. The normalized spacial score (nSPS) is 17.5.